The minimum Gasteiger partial charge on any atom is -0.376 e. The van der Waals surface area contributed by atoms with Crippen molar-refractivity contribution in [3.05, 3.63) is 59.7 Å². The van der Waals surface area contributed by atoms with Crippen molar-refractivity contribution in [3.63, 3.8) is 0 Å². The summed E-state index contributed by atoms with van der Waals surface area (Å²) in [7, 11) is -0.910. The van der Waals surface area contributed by atoms with E-state index >= 15 is 0 Å². The highest BCUT2D eigenvalue weighted by Crippen LogP contribution is 2.16. The van der Waals surface area contributed by atoms with Crippen LogP contribution in [0.25, 0.3) is 0 Å². The molecule has 126 valence electrons. The van der Waals surface area contributed by atoms with Crippen LogP contribution >= 0.6 is 0 Å². The summed E-state index contributed by atoms with van der Waals surface area (Å²) in [6.45, 7) is 1.54. The molecule has 0 unspecified atom stereocenters. The van der Waals surface area contributed by atoms with E-state index < -0.39 is 10.8 Å². The van der Waals surface area contributed by atoms with Gasteiger partial charge in [0.1, 0.15) is 0 Å². The molecule has 0 saturated carbocycles. The largest absolute Gasteiger partial charge is 0.376 e. The molecule has 0 aliphatic heterocycles. The molecule has 5 nitrogen and oxygen atoms in total. The highest BCUT2D eigenvalue weighted by molar-refractivity contribution is 7.83. The van der Waals surface area contributed by atoms with Crippen molar-refractivity contribution in [2.75, 3.05) is 23.4 Å². The average Bonchev–Trinajstić information content (AvgIpc) is 2.53. The smallest absolute Gasteiger partial charge is 0.243 e. The first-order chi connectivity index (χ1) is 11.5. The molecule has 1 atom stereocenters. The molecule has 0 aromatic heterocycles. The van der Waals surface area contributed by atoms with Gasteiger partial charge in [-0.2, -0.15) is 0 Å². The zero-order valence-electron chi connectivity index (χ0n) is 13.7. The van der Waals surface area contributed by atoms with Crippen LogP contribution in [0.3, 0.4) is 0 Å². The van der Waals surface area contributed by atoms with Gasteiger partial charge in [-0.05, 0) is 36.8 Å². The molecule has 0 bridgehead atoms. The zero-order valence-corrected chi connectivity index (χ0v) is 14.5. The van der Waals surface area contributed by atoms with E-state index in [2.05, 4.69) is 10.6 Å². The van der Waals surface area contributed by atoms with Crippen molar-refractivity contribution in [1.82, 2.24) is 0 Å². The summed E-state index contributed by atoms with van der Waals surface area (Å²) in [4.78, 5) is 23.7. The Morgan fingerprint density at radius 3 is 2.54 bits per heavy atom. The summed E-state index contributed by atoms with van der Waals surface area (Å²) in [5.41, 5.74) is 2.72. The molecule has 1 amide bonds. The number of Topliss-reactive ketones (excluding diaryl/α,β-unsaturated/α-hetero) is 1. The quantitative estimate of drug-likeness (QED) is 0.758. The molecule has 2 aromatic rings. The minimum atomic E-state index is -0.910. The predicted molar refractivity (Wildman–Crippen MR) is 97.8 cm³/mol. The normalized spacial score (nSPS) is 11.6. The topological polar surface area (TPSA) is 75.3 Å². The Balaban J connectivity index is 1.97. The molecule has 24 heavy (non-hydrogen) atoms. The minimum absolute atomic E-state index is 0.0743. The molecule has 2 aromatic carbocycles. The lowest BCUT2D eigenvalue weighted by Gasteiger charge is -2.11. The highest BCUT2D eigenvalue weighted by atomic mass is 32.2. The van der Waals surface area contributed by atoms with E-state index in [0.717, 1.165) is 11.3 Å². The predicted octanol–water partition coefficient (Wildman–Crippen LogP) is 2.82. The maximum absolute atomic E-state index is 12.1. The van der Waals surface area contributed by atoms with Crippen molar-refractivity contribution >= 4 is 33.9 Å². The number of ketones is 1. The van der Waals surface area contributed by atoms with Crippen LogP contribution in [0.4, 0.5) is 11.4 Å². The standard InChI is InChI=1S/C18H20N2O3S/c1-13(21)16-8-3-4-9-17(16)20-18(22)11-19-15-7-5-6-14(10-15)12-24(2)23/h3-10,19H,11-12H2,1-2H3,(H,20,22)/t24-/m1/s1. The number of carbonyl (C=O) groups excluding carboxylic acids is 2. The second-order valence-corrected chi connectivity index (χ2v) is 6.86. The van der Waals surface area contributed by atoms with Crippen LogP contribution in [0.1, 0.15) is 22.8 Å². The molecule has 0 fully saturated rings. The fourth-order valence-electron chi connectivity index (χ4n) is 2.28. The first-order valence-corrected chi connectivity index (χ1v) is 9.21. The molecule has 2 N–H and O–H groups in total. The second-order valence-electron chi connectivity index (χ2n) is 5.42. The zero-order chi connectivity index (χ0) is 17.5. The number of hydrogen-bond donors (Lipinski definition) is 2. The Kier molecular flexibility index (Phi) is 6.26. The van der Waals surface area contributed by atoms with E-state index in [4.69, 9.17) is 0 Å². The van der Waals surface area contributed by atoms with E-state index in [-0.39, 0.29) is 18.2 Å². The Bertz CT molecular complexity index is 774. The van der Waals surface area contributed by atoms with E-state index in [0.29, 0.717) is 17.0 Å². The maximum Gasteiger partial charge on any atom is 0.243 e. The van der Waals surface area contributed by atoms with Gasteiger partial charge >= 0.3 is 0 Å². The van der Waals surface area contributed by atoms with Gasteiger partial charge in [0, 0.05) is 34.1 Å². The summed E-state index contributed by atoms with van der Waals surface area (Å²) in [5, 5.41) is 5.77. The number of para-hydroxylation sites is 1. The molecular weight excluding hydrogens is 324 g/mol. The summed E-state index contributed by atoms with van der Waals surface area (Å²) >= 11 is 0. The van der Waals surface area contributed by atoms with Crippen LogP contribution in [-0.4, -0.2) is 28.7 Å². The molecule has 0 saturated heterocycles. The van der Waals surface area contributed by atoms with Gasteiger partial charge in [0.2, 0.25) is 5.91 Å². The van der Waals surface area contributed by atoms with Crippen molar-refractivity contribution in [2.45, 2.75) is 12.7 Å². The SMILES string of the molecule is CC(=O)c1ccccc1NC(=O)CNc1cccc(C[S@@](C)=O)c1. The number of amides is 1. The summed E-state index contributed by atoms with van der Waals surface area (Å²) in [6.07, 6.45) is 1.65. The van der Waals surface area contributed by atoms with Crippen molar-refractivity contribution < 1.29 is 13.8 Å². The van der Waals surface area contributed by atoms with Crippen molar-refractivity contribution in [1.29, 1.82) is 0 Å². The van der Waals surface area contributed by atoms with Gasteiger partial charge in [0.25, 0.3) is 0 Å². The van der Waals surface area contributed by atoms with E-state index in [1.165, 1.54) is 6.92 Å². The van der Waals surface area contributed by atoms with Crippen LogP contribution in [0.2, 0.25) is 0 Å². The first-order valence-electron chi connectivity index (χ1n) is 7.48. The summed E-state index contributed by atoms with van der Waals surface area (Å²) in [6, 6.07) is 14.4. The monoisotopic (exact) mass is 344 g/mol. The molecule has 0 spiro atoms. The molecule has 0 heterocycles. The van der Waals surface area contributed by atoms with E-state index in [1.54, 1.807) is 30.5 Å². The maximum atomic E-state index is 12.1. The van der Waals surface area contributed by atoms with Gasteiger partial charge in [-0.15, -0.1) is 0 Å². The van der Waals surface area contributed by atoms with Gasteiger partial charge < -0.3 is 10.6 Å². The number of rotatable bonds is 7. The molecule has 2 rings (SSSR count). The Morgan fingerprint density at radius 1 is 1.08 bits per heavy atom. The lowest BCUT2D eigenvalue weighted by atomic mass is 10.1. The number of carbonyl (C=O) groups is 2. The van der Waals surface area contributed by atoms with Crippen LogP contribution in [0, 0.1) is 0 Å². The van der Waals surface area contributed by atoms with Gasteiger partial charge in [-0.3, -0.25) is 13.8 Å². The van der Waals surface area contributed by atoms with Crippen molar-refractivity contribution in [2.24, 2.45) is 0 Å². The first kappa shape index (κ1) is 17.9. The molecule has 0 aliphatic carbocycles. The Labute approximate surface area is 143 Å². The fraction of sp³-hybridized carbons (Fsp3) is 0.222. The van der Waals surface area contributed by atoms with E-state index in [1.807, 2.05) is 24.3 Å². The lowest BCUT2D eigenvalue weighted by Crippen LogP contribution is -2.22. The molecule has 6 heteroatoms. The third-order valence-electron chi connectivity index (χ3n) is 3.33. The number of nitrogens with one attached hydrogen (secondary N) is 2. The third kappa shape index (κ3) is 5.31. The fourth-order valence-corrected chi connectivity index (χ4v) is 2.93. The molecule has 0 radical (unpaired) electrons. The lowest BCUT2D eigenvalue weighted by molar-refractivity contribution is -0.114. The number of hydrogen-bond acceptors (Lipinski definition) is 4. The molecule has 0 aliphatic rings. The van der Waals surface area contributed by atoms with Gasteiger partial charge in [-0.25, -0.2) is 0 Å². The van der Waals surface area contributed by atoms with Crippen LogP contribution in [-0.2, 0) is 21.3 Å². The van der Waals surface area contributed by atoms with Crippen molar-refractivity contribution in [3.8, 4) is 0 Å². The van der Waals surface area contributed by atoms with Crippen LogP contribution in [0.15, 0.2) is 48.5 Å². The third-order valence-corrected chi connectivity index (χ3v) is 4.07. The Hall–Kier alpha value is -2.47. The molecular formula is C18H20N2O3S. The highest BCUT2D eigenvalue weighted by Gasteiger charge is 2.09. The summed E-state index contributed by atoms with van der Waals surface area (Å²) in [5.74, 6) is 0.139. The van der Waals surface area contributed by atoms with Crippen LogP contribution < -0.4 is 10.6 Å². The van der Waals surface area contributed by atoms with Gasteiger partial charge in [0.15, 0.2) is 5.78 Å². The summed E-state index contributed by atoms with van der Waals surface area (Å²) < 4.78 is 11.3. The van der Waals surface area contributed by atoms with Gasteiger partial charge in [-0.1, -0.05) is 24.3 Å². The second kappa shape index (κ2) is 8.40. The van der Waals surface area contributed by atoms with Crippen LogP contribution in [0.5, 0.6) is 0 Å². The number of benzene rings is 2. The van der Waals surface area contributed by atoms with Gasteiger partial charge in [0.05, 0.1) is 12.2 Å². The number of anilines is 2. The average molecular weight is 344 g/mol. The Morgan fingerprint density at radius 2 is 1.83 bits per heavy atom. The van der Waals surface area contributed by atoms with E-state index in [9.17, 15) is 13.8 Å².